The number of carboxylic acids is 1. The second-order valence-corrected chi connectivity index (χ2v) is 3.71. The van der Waals surface area contributed by atoms with Gasteiger partial charge in [-0.2, -0.15) is 0 Å². The van der Waals surface area contributed by atoms with Crippen LogP contribution in [-0.2, 0) is 0 Å². The van der Waals surface area contributed by atoms with Crippen LogP contribution in [0.2, 0.25) is 0 Å². The largest absolute Gasteiger partial charge is 0.573 e. The Morgan fingerprint density at radius 3 is 2.39 bits per heavy atom. The second kappa shape index (κ2) is 5.04. The number of halogens is 6. The Balaban J connectivity index is 3.37. The van der Waals surface area contributed by atoms with Gasteiger partial charge in [0.05, 0.1) is 4.47 Å². The van der Waals surface area contributed by atoms with Gasteiger partial charge in [0.2, 0.25) is 0 Å². The van der Waals surface area contributed by atoms with Crippen LogP contribution in [0.5, 0.6) is 5.75 Å². The molecule has 1 aromatic rings. The first-order valence-electron chi connectivity index (χ1n) is 4.09. The van der Waals surface area contributed by atoms with Gasteiger partial charge in [-0.25, -0.2) is 18.6 Å². The maximum absolute atomic E-state index is 12.3. The molecule has 1 aromatic heterocycles. The number of aromatic nitrogens is 1. The number of carboxylic acid groups (broad SMARTS) is 1. The van der Waals surface area contributed by atoms with Crippen molar-refractivity contribution in [1.29, 1.82) is 0 Å². The number of carbonyl (C=O) groups is 1. The third-order valence-electron chi connectivity index (χ3n) is 1.59. The minimum absolute atomic E-state index is 0.554. The van der Waals surface area contributed by atoms with Gasteiger partial charge < -0.3 is 9.84 Å². The van der Waals surface area contributed by atoms with Crippen LogP contribution >= 0.6 is 15.9 Å². The lowest BCUT2D eigenvalue weighted by Gasteiger charge is -2.13. The molecule has 100 valence electrons. The van der Waals surface area contributed by atoms with Crippen molar-refractivity contribution < 1.29 is 36.6 Å². The Morgan fingerprint density at radius 1 is 1.44 bits per heavy atom. The fourth-order valence-corrected chi connectivity index (χ4v) is 1.49. The zero-order valence-corrected chi connectivity index (χ0v) is 9.72. The van der Waals surface area contributed by atoms with Crippen LogP contribution in [0.1, 0.15) is 22.6 Å². The summed E-state index contributed by atoms with van der Waals surface area (Å²) in [6, 6.07) is 0.554. The molecule has 0 saturated heterocycles. The molecule has 0 amide bonds. The summed E-state index contributed by atoms with van der Waals surface area (Å²) in [6.45, 7) is 0. The molecule has 0 atom stereocenters. The minimum Gasteiger partial charge on any atom is -0.476 e. The first-order chi connectivity index (χ1) is 8.11. The summed E-state index contributed by atoms with van der Waals surface area (Å²) in [5.41, 5.74) is -2.23. The van der Waals surface area contributed by atoms with E-state index < -0.39 is 40.4 Å². The highest BCUT2D eigenvalue weighted by atomic mass is 79.9. The van der Waals surface area contributed by atoms with Crippen molar-refractivity contribution in [2.45, 2.75) is 12.8 Å². The van der Waals surface area contributed by atoms with Gasteiger partial charge in [-0.05, 0) is 22.0 Å². The number of ether oxygens (including phenoxy) is 1. The lowest BCUT2D eigenvalue weighted by atomic mass is 10.2. The van der Waals surface area contributed by atoms with Crippen LogP contribution in [0.25, 0.3) is 0 Å². The van der Waals surface area contributed by atoms with Crippen LogP contribution in [0.4, 0.5) is 22.0 Å². The predicted molar refractivity (Wildman–Crippen MR) is 50.5 cm³/mol. The molecule has 0 unspecified atom stereocenters. The number of alkyl halides is 5. The monoisotopic (exact) mass is 335 g/mol. The molecular weight excluding hydrogens is 333 g/mol. The third kappa shape index (κ3) is 3.52. The number of hydrogen-bond donors (Lipinski definition) is 1. The smallest absolute Gasteiger partial charge is 0.476 e. The summed E-state index contributed by atoms with van der Waals surface area (Å²) >= 11 is 2.53. The van der Waals surface area contributed by atoms with Crippen LogP contribution in [0.3, 0.4) is 0 Å². The highest BCUT2D eigenvalue weighted by Gasteiger charge is 2.35. The number of pyridine rings is 1. The van der Waals surface area contributed by atoms with Crippen molar-refractivity contribution in [1.82, 2.24) is 4.98 Å². The molecule has 0 aliphatic heterocycles. The molecule has 0 spiro atoms. The molecule has 0 aromatic carbocycles. The van der Waals surface area contributed by atoms with Gasteiger partial charge >= 0.3 is 12.3 Å². The maximum Gasteiger partial charge on any atom is 0.573 e. The number of aromatic carboxylic acids is 1. The lowest BCUT2D eigenvalue weighted by Crippen LogP contribution is -2.20. The Morgan fingerprint density at radius 2 is 2.00 bits per heavy atom. The van der Waals surface area contributed by atoms with Gasteiger partial charge in [0.15, 0.2) is 11.4 Å². The van der Waals surface area contributed by atoms with Crippen LogP contribution in [-0.4, -0.2) is 22.4 Å². The Labute approximate surface area is 105 Å². The average Bonchev–Trinajstić information content (AvgIpc) is 2.18. The van der Waals surface area contributed by atoms with Crippen molar-refractivity contribution in [3.05, 3.63) is 21.9 Å². The van der Waals surface area contributed by atoms with Gasteiger partial charge in [0.1, 0.15) is 5.69 Å². The Kier molecular flexibility index (Phi) is 4.09. The zero-order chi connectivity index (χ0) is 14.1. The Hall–Kier alpha value is -1.45. The normalized spacial score (nSPS) is 11.7. The molecule has 0 radical (unpaired) electrons. The topological polar surface area (TPSA) is 59.4 Å². The van der Waals surface area contributed by atoms with Crippen molar-refractivity contribution in [2.75, 3.05) is 0 Å². The SMILES string of the molecule is O=C(O)c1nc(C(F)F)cc(Br)c1OC(F)(F)F. The van der Waals surface area contributed by atoms with Crippen molar-refractivity contribution in [3.63, 3.8) is 0 Å². The van der Waals surface area contributed by atoms with E-state index in [9.17, 15) is 26.7 Å². The van der Waals surface area contributed by atoms with Gasteiger partial charge in [-0.1, -0.05) is 0 Å². The van der Waals surface area contributed by atoms with Crippen molar-refractivity contribution in [2.24, 2.45) is 0 Å². The predicted octanol–water partition coefficient (Wildman–Crippen LogP) is 3.38. The maximum atomic E-state index is 12.3. The van der Waals surface area contributed by atoms with E-state index in [-0.39, 0.29) is 0 Å². The number of hydrogen-bond acceptors (Lipinski definition) is 3. The molecule has 0 aliphatic rings. The molecule has 1 N–H and O–H groups in total. The van der Waals surface area contributed by atoms with E-state index in [4.69, 9.17) is 5.11 Å². The first kappa shape index (κ1) is 14.6. The van der Waals surface area contributed by atoms with E-state index in [0.717, 1.165) is 0 Å². The molecular formula is C8H3BrF5NO3. The van der Waals surface area contributed by atoms with Crippen LogP contribution < -0.4 is 4.74 Å². The molecule has 1 heterocycles. The highest BCUT2D eigenvalue weighted by molar-refractivity contribution is 9.10. The fraction of sp³-hybridized carbons (Fsp3) is 0.250. The summed E-state index contributed by atoms with van der Waals surface area (Å²) in [7, 11) is 0. The molecule has 1 rings (SSSR count). The fourth-order valence-electron chi connectivity index (χ4n) is 0.990. The van der Waals surface area contributed by atoms with E-state index >= 15 is 0 Å². The second-order valence-electron chi connectivity index (χ2n) is 2.86. The number of nitrogens with zero attached hydrogens (tertiary/aromatic N) is 1. The standard InChI is InChI=1S/C8H3BrF5NO3/c9-2-1-3(6(10)11)15-4(7(16)17)5(2)18-8(12,13)14/h1,6H,(H,16,17). The van der Waals surface area contributed by atoms with Gasteiger partial charge in [0, 0.05) is 0 Å². The lowest BCUT2D eigenvalue weighted by molar-refractivity contribution is -0.275. The third-order valence-corrected chi connectivity index (χ3v) is 2.18. The van der Waals surface area contributed by atoms with E-state index in [0.29, 0.717) is 6.07 Å². The summed E-state index contributed by atoms with van der Waals surface area (Å²) in [5.74, 6) is -3.10. The molecule has 0 saturated carbocycles. The van der Waals surface area contributed by atoms with E-state index in [1.54, 1.807) is 0 Å². The van der Waals surface area contributed by atoms with Gasteiger partial charge in [-0.15, -0.1) is 13.2 Å². The summed E-state index contributed by atoms with van der Waals surface area (Å²) in [5, 5.41) is 8.62. The first-order valence-corrected chi connectivity index (χ1v) is 4.88. The van der Waals surface area contributed by atoms with Gasteiger partial charge in [0.25, 0.3) is 6.43 Å². The average molecular weight is 336 g/mol. The molecule has 0 aliphatic carbocycles. The molecule has 0 bridgehead atoms. The van der Waals surface area contributed by atoms with Gasteiger partial charge in [-0.3, -0.25) is 0 Å². The molecule has 0 fully saturated rings. The molecule has 18 heavy (non-hydrogen) atoms. The van der Waals surface area contributed by atoms with Crippen LogP contribution in [0, 0.1) is 0 Å². The van der Waals surface area contributed by atoms with E-state index in [1.807, 2.05) is 0 Å². The zero-order valence-electron chi connectivity index (χ0n) is 8.13. The van der Waals surface area contributed by atoms with Crippen molar-refractivity contribution >= 4 is 21.9 Å². The van der Waals surface area contributed by atoms with Crippen LogP contribution in [0.15, 0.2) is 10.5 Å². The quantitative estimate of drug-likeness (QED) is 0.860. The molecule has 4 nitrogen and oxygen atoms in total. The summed E-state index contributed by atoms with van der Waals surface area (Å²) < 4.78 is 63.5. The highest BCUT2D eigenvalue weighted by Crippen LogP contribution is 2.35. The minimum atomic E-state index is -5.17. The number of rotatable bonds is 3. The summed E-state index contributed by atoms with van der Waals surface area (Å²) in [6.07, 6.45) is -8.29. The summed E-state index contributed by atoms with van der Waals surface area (Å²) in [4.78, 5) is 13.6. The van der Waals surface area contributed by atoms with Crippen molar-refractivity contribution in [3.8, 4) is 5.75 Å². The molecule has 10 heteroatoms. The van der Waals surface area contributed by atoms with E-state index in [1.165, 1.54) is 0 Å². The van der Waals surface area contributed by atoms with E-state index in [2.05, 4.69) is 25.7 Å². The Bertz CT molecular complexity index is 477.